The van der Waals surface area contributed by atoms with Crippen molar-refractivity contribution in [2.45, 2.75) is 19.8 Å². The van der Waals surface area contributed by atoms with Crippen LogP contribution in [-0.4, -0.2) is 15.2 Å². The van der Waals surface area contributed by atoms with Gasteiger partial charge in [-0.15, -0.1) is 5.10 Å². The van der Waals surface area contributed by atoms with Crippen LogP contribution in [0.2, 0.25) is 0 Å². The number of ether oxygens (including phenoxy) is 1. The number of fused-ring (bicyclic) bond motifs is 1. The lowest BCUT2D eigenvalue weighted by atomic mass is 9.97. The van der Waals surface area contributed by atoms with Gasteiger partial charge < -0.3 is 14.9 Å². The van der Waals surface area contributed by atoms with Crippen molar-refractivity contribution >= 4 is 16.8 Å². The SMILES string of the molecule is CCc1c(Cc2ccnc(N)c2F)c(=O)oc2cc(Oc3cccnn3)ccc12. The van der Waals surface area contributed by atoms with E-state index in [9.17, 15) is 9.18 Å². The number of pyridine rings is 1. The van der Waals surface area contributed by atoms with Crippen LogP contribution in [0.15, 0.2) is 58.0 Å². The number of anilines is 1. The molecule has 0 aliphatic rings. The van der Waals surface area contributed by atoms with Gasteiger partial charge in [0.2, 0.25) is 5.88 Å². The van der Waals surface area contributed by atoms with Crippen LogP contribution in [0.4, 0.5) is 10.2 Å². The van der Waals surface area contributed by atoms with Crippen molar-refractivity contribution in [3.8, 4) is 11.6 Å². The minimum Gasteiger partial charge on any atom is -0.437 e. The summed E-state index contributed by atoms with van der Waals surface area (Å²) >= 11 is 0. The molecule has 0 unspecified atom stereocenters. The van der Waals surface area contributed by atoms with E-state index in [-0.39, 0.29) is 12.2 Å². The number of hydrogen-bond acceptors (Lipinski definition) is 7. The van der Waals surface area contributed by atoms with Crippen molar-refractivity contribution in [1.29, 1.82) is 0 Å². The lowest BCUT2D eigenvalue weighted by Crippen LogP contribution is -2.13. The average molecular weight is 392 g/mol. The molecule has 0 saturated carbocycles. The second-order valence-electron chi connectivity index (χ2n) is 6.37. The van der Waals surface area contributed by atoms with Gasteiger partial charge in [0.25, 0.3) is 0 Å². The molecule has 1 aromatic carbocycles. The van der Waals surface area contributed by atoms with Gasteiger partial charge in [-0.05, 0) is 41.8 Å². The first kappa shape index (κ1) is 18.5. The number of hydrogen-bond donors (Lipinski definition) is 1. The third kappa shape index (κ3) is 3.64. The molecule has 0 radical (unpaired) electrons. The van der Waals surface area contributed by atoms with E-state index in [1.54, 1.807) is 30.5 Å². The lowest BCUT2D eigenvalue weighted by molar-refractivity contribution is 0.453. The first-order valence-electron chi connectivity index (χ1n) is 9.00. The summed E-state index contributed by atoms with van der Waals surface area (Å²) in [5.41, 5.74) is 6.87. The number of benzene rings is 1. The number of rotatable bonds is 5. The van der Waals surface area contributed by atoms with Gasteiger partial charge >= 0.3 is 5.63 Å². The van der Waals surface area contributed by atoms with E-state index in [0.717, 1.165) is 10.9 Å². The number of nitrogen functional groups attached to an aromatic ring is 1. The Kier molecular flexibility index (Phi) is 4.90. The molecule has 8 heteroatoms. The fourth-order valence-corrected chi connectivity index (χ4v) is 3.22. The van der Waals surface area contributed by atoms with Gasteiger partial charge in [-0.1, -0.05) is 6.92 Å². The maximum atomic E-state index is 14.3. The molecule has 4 rings (SSSR count). The molecule has 0 spiro atoms. The van der Waals surface area contributed by atoms with Crippen LogP contribution >= 0.6 is 0 Å². The molecule has 0 fully saturated rings. The molecule has 0 aliphatic carbocycles. The van der Waals surface area contributed by atoms with Crippen molar-refractivity contribution < 1.29 is 13.5 Å². The smallest absolute Gasteiger partial charge is 0.340 e. The standard InChI is InChI=1S/C21H17FN4O3/c1-2-14-15-6-5-13(28-18-4-3-8-25-26-18)11-17(15)29-21(27)16(14)10-12-7-9-24-20(23)19(12)22/h3-9,11H,2,10H2,1H3,(H2,23,24). The van der Waals surface area contributed by atoms with Crippen molar-refractivity contribution in [1.82, 2.24) is 15.2 Å². The number of nitrogens with zero attached hydrogens (tertiary/aromatic N) is 3. The summed E-state index contributed by atoms with van der Waals surface area (Å²) in [6.45, 7) is 1.93. The topological polar surface area (TPSA) is 104 Å². The first-order chi connectivity index (χ1) is 14.1. The Balaban J connectivity index is 1.77. The molecular weight excluding hydrogens is 375 g/mol. The molecule has 7 nitrogen and oxygen atoms in total. The predicted molar refractivity (Wildman–Crippen MR) is 105 cm³/mol. The third-order valence-corrected chi connectivity index (χ3v) is 4.58. The Morgan fingerprint density at radius 1 is 1.17 bits per heavy atom. The Morgan fingerprint density at radius 2 is 2.03 bits per heavy atom. The van der Waals surface area contributed by atoms with Crippen molar-refractivity contribution in [3.05, 3.63) is 81.7 Å². The second-order valence-corrected chi connectivity index (χ2v) is 6.37. The van der Waals surface area contributed by atoms with Crippen LogP contribution in [0.3, 0.4) is 0 Å². The highest BCUT2D eigenvalue weighted by molar-refractivity contribution is 5.82. The molecule has 3 aromatic heterocycles. The lowest BCUT2D eigenvalue weighted by Gasteiger charge is -2.12. The minimum absolute atomic E-state index is 0.0673. The summed E-state index contributed by atoms with van der Waals surface area (Å²) in [4.78, 5) is 16.4. The van der Waals surface area contributed by atoms with Crippen molar-refractivity contribution in [2.24, 2.45) is 0 Å². The monoisotopic (exact) mass is 392 g/mol. The van der Waals surface area contributed by atoms with E-state index in [1.165, 1.54) is 12.3 Å². The van der Waals surface area contributed by atoms with Crippen molar-refractivity contribution in [3.63, 3.8) is 0 Å². The van der Waals surface area contributed by atoms with Gasteiger partial charge in [-0.25, -0.2) is 14.2 Å². The van der Waals surface area contributed by atoms with E-state index in [4.69, 9.17) is 14.9 Å². The van der Waals surface area contributed by atoms with E-state index in [1.807, 2.05) is 13.0 Å². The van der Waals surface area contributed by atoms with Crippen LogP contribution in [0, 0.1) is 5.82 Å². The minimum atomic E-state index is -0.623. The number of aromatic nitrogens is 3. The molecule has 4 aromatic rings. The number of nitrogens with two attached hydrogens (primary N) is 1. The van der Waals surface area contributed by atoms with Crippen LogP contribution in [0.1, 0.15) is 23.6 Å². The van der Waals surface area contributed by atoms with Crippen LogP contribution < -0.4 is 16.1 Å². The third-order valence-electron chi connectivity index (χ3n) is 4.58. The van der Waals surface area contributed by atoms with Crippen molar-refractivity contribution in [2.75, 3.05) is 5.73 Å². The van der Waals surface area contributed by atoms with Gasteiger partial charge in [-0.2, -0.15) is 5.10 Å². The van der Waals surface area contributed by atoms with Crippen LogP contribution in [0.25, 0.3) is 11.0 Å². The maximum Gasteiger partial charge on any atom is 0.340 e. The summed E-state index contributed by atoms with van der Waals surface area (Å²) in [7, 11) is 0. The number of aryl methyl sites for hydroxylation is 1. The largest absolute Gasteiger partial charge is 0.437 e. The zero-order valence-electron chi connectivity index (χ0n) is 15.6. The fraction of sp³-hybridized carbons (Fsp3) is 0.143. The Morgan fingerprint density at radius 3 is 2.79 bits per heavy atom. The van der Waals surface area contributed by atoms with Gasteiger partial charge in [0.05, 0.1) is 0 Å². The molecule has 29 heavy (non-hydrogen) atoms. The van der Waals surface area contributed by atoms with E-state index < -0.39 is 11.4 Å². The molecule has 0 aliphatic heterocycles. The summed E-state index contributed by atoms with van der Waals surface area (Å²) in [5.74, 6) is -0.0329. The highest BCUT2D eigenvalue weighted by Gasteiger charge is 2.17. The average Bonchev–Trinajstić information content (AvgIpc) is 2.72. The fourth-order valence-electron chi connectivity index (χ4n) is 3.22. The summed E-state index contributed by atoms with van der Waals surface area (Å²) < 4.78 is 25.4. The molecular formula is C21H17FN4O3. The maximum absolute atomic E-state index is 14.3. The Labute approximate surface area is 165 Å². The van der Waals surface area contributed by atoms with Crippen LogP contribution in [0.5, 0.6) is 11.6 Å². The Hall–Kier alpha value is -3.81. The zero-order valence-corrected chi connectivity index (χ0v) is 15.6. The highest BCUT2D eigenvalue weighted by Crippen LogP contribution is 2.28. The van der Waals surface area contributed by atoms with Gasteiger partial charge in [-0.3, -0.25) is 0 Å². The normalized spacial score (nSPS) is 11.0. The van der Waals surface area contributed by atoms with E-state index >= 15 is 0 Å². The highest BCUT2D eigenvalue weighted by atomic mass is 19.1. The molecule has 146 valence electrons. The second kappa shape index (κ2) is 7.67. The molecule has 0 bridgehead atoms. The van der Waals surface area contributed by atoms with E-state index in [0.29, 0.717) is 34.8 Å². The predicted octanol–water partition coefficient (Wildman–Crippen LogP) is 3.64. The molecule has 0 atom stereocenters. The zero-order chi connectivity index (χ0) is 20.4. The molecule has 0 saturated heterocycles. The number of halogens is 1. The quantitative estimate of drug-likeness (QED) is 0.517. The summed E-state index contributed by atoms with van der Waals surface area (Å²) in [6, 6.07) is 10.1. The van der Waals surface area contributed by atoms with E-state index in [2.05, 4.69) is 15.2 Å². The first-order valence-corrected chi connectivity index (χ1v) is 9.00. The Bertz CT molecular complexity index is 1240. The van der Waals surface area contributed by atoms with Gasteiger partial charge in [0, 0.05) is 41.9 Å². The summed E-state index contributed by atoms with van der Waals surface area (Å²) in [6.07, 6.45) is 3.60. The summed E-state index contributed by atoms with van der Waals surface area (Å²) in [5, 5.41) is 8.38. The van der Waals surface area contributed by atoms with Gasteiger partial charge in [0.1, 0.15) is 11.3 Å². The van der Waals surface area contributed by atoms with Crippen LogP contribution in [-0.2, 0) is 12.8 Å². The molecule has 0 amide bonds. The van der Waals surface area contributed by atoms with Gasteiger partial charge in [0.15, 0.2) is 11.6 Å². The molecule has 2 N–H and O–H groups in total. The molecule has 3 heterocycles.